The van der Waals surface area contributed by atoms with Gasteiger partial charge in [0.15, 0.2) is 0 Å². The molecule has 6 heteroatoms. The maximum Gasteiger partial charge on any atom is 0.401 e. The molecule has 0 N–H and O–H groups in total. The standard InChI is InChI=1S/C9H10ClF3N2/c1-15(6-9(11,12)13)5-8-4-7(10)2-3-14-8/h2-4H,5-6H2,1H3. The Bertz CT molecular complexity index is 327. The molecule has 2 nitrogen and oxygen atoms in total. The van der Waals surface area contributed by atoms with Gasteiger partial charge in [0.1, 0.15) is 0 Å². The normalized spacial score (nSPS) is 12.1. The van der Waals surface area contributed by atoms with Gasteiger partial charge in [-0.05, 0) is 19.2 Å². The quantitative estimate of drug-likeness (QED) is 0.805. The Kier molecular flexibility index (Phi) is 3.93. The summed E-state index contributed by atoms with van der Waals surface area (Å²) in [5.74, 6) is 0. The molecule has 0 aliphatic heterocycles. The molecule has 0 aliphatic rings. The van der Waals surface area contributed by atoms with Gasteiger partial charge in [-0.1, -0.05) is 11.6 Å². The van der Waals surface area contributed by atoms with Crippen molar-refractivity contribution in [3.8, 4) is 0 Å². The van der Waals surface area contributed by atoms with E-state index in [0.29, 0.717) is 10.7 Å². The number of pyridine rings is 1. The maximum atomic E-state index is 12.0. The van der Waals surface area contributed by atoms with Crippen LogP contribution in [0.4, 0.5) is 13.2 Å². The van der Waals surface area contributed by atoms with Crippen molar-refractivity contribution in [3.05, 3.63) is 29.0 Å². The van der Waals surface area contributed by atoms with Crippen molar-refractivity contribution in [2.75, 3.05) is 13.6 Å². The molecular formula is C9H10ClF3N2. The molecule has 1 rings (SSSR count). The van der Waals surface area contributed by atoms with Crippen LogP contribution in [-0.4, -0.2) is 29.7 Å². The topological polar surface area (TPSA) is 16.1 Å². The number of hydrogen-bond acceptors (Lipinski definition) is 2. The minimum absolute atomic E-state index is 0.125. The number of nitrogens with zero attached hydrogens (tertiary/aromatic N) is 2. The molecule has 0 bridgehead atoms. The van der Waals surface area contributed by atoms with E-state index in [-0.39, 0.29) is 6.54 Å². The molecule has 0 aromatic carbocycles. The Morgan fingerprint density at radius 1 is 1.47 bits per heavy atom. The van der Waals surface area contributed by atoms with Gasteiger partial charge in [0.25, 0.3) is 0 Å². The third kappa shape index (κ3) is 4.99. The van der Waals surface area contributed by atoms with E-state index in [2.05, 4.69) is 4.98 Å². The molecule has 15 heavy (non-hydrogen) atoms. The van der Waals surface area contributed by atoms with Gasteiger partial charge in [-0.25, -0.2) is 0 Å². The minimum atomic E-state index is -4.19. The first-order valence-electron chi connectivity index (χ1n) is 4.22. The lowest BCUT2D eigenvalue weighted by atomic mass is 10.3. The highest BCUT2D eigenvalue weighted by Gasteiger charge is 2.29. The summed E-state index contributed by atoms with van der Waals surface area (Å²) in [5.41, 5.74) is 0.522. The fraction of sp³-hybridized carbons (Fsp3) is 0.444. The van der Waals surface area contributed by atoms with Crippen LogP contribution in [0.5, 0.6) is 0 Å². The first kappa shape index (κ1) is 12.3. The van der Waals surface area contributed by atoms with Gasteiger partial charge in [0, 0.05) is 17.8 Å². The van der Waals surface area contributed by atoms with E-state index in [4.69, 9.17) is 11.6 Å². The number of aromatic nitrogens is 1. The van der Waals surface area contributed by atoms with Gasteiger partial charge in [-0.3, -0.25) is 9.88 Å². The van der Waals surface area contributed by atoms with Gasteiger partial charge in [0.05, 0.1) is 12.2 Å². The predicted octanol–water partition coefficient (Wildman–Crippen LogP) is 2.73. The van der Waals surface area contributed by atoms with Crippen LogP contribution in [0.3, 0.4) is 0 Å². The van der Waals surface area contributed by atoms with Gasteiger partial charge >= 0.3 is 6.18 Å². The summed E-state index contributed by atoms with van der Waals surface area (Å²) in [4.78, 5) is 5.05. The summed E-state index contributed by atoms with van der Waals surface area (Å²) in [7, 11) is 1.38. The zero-order valence-electron chi connectivity index (χ0n) is 8.05. The van der Waals surface area contributed by atoms with Crippen LogP contribution in [-0.2, 0) is 6.54 Å². The predicted molar refractivity (Wildman–Crippen MR) is 51.6 cm³/mol. The molecule has 1 heterocycles. The van der Waals surface area contributed by atoms with Gasteiger partial charge < -0.3 is 0 Å². The zero-order chi connectivity index (χ0) is 11.5. The van der Waals surface area contributed by atoms with Gasteiger partial charge in [-0.15, -0.1) is 0 Å². The first-order valence-corrected chi connectivity index (χ1v) is 4.60. The summed E-state index contributed by atoms with van der Waals surface area (Å²) in [6.45, 7) is -0.832. The average Bonchev–Trinajstić information content (AvgIpc) is 1.99. The van der Waals surface area contributed by atoms with Gasteiger partial charge in [-0.2, -0.15) is 13.2 Å². The Labute approximate surface area is 90.7 Å². The Morgan fingerprint density at radius 2 is 2.13 bits per heavy atom. The summed E-state index contributed by atoms with van der Waals surface area (Å²) >= 11 is 5.68. The van der Waals surface area contributed by atoms with E-state index in [0.717, 1.165) is 4.90 Å². The van der Waals surface area contributed by atoms with Crippen molar-refractivity contribution in [1.82, 2.24) is 9.88 Å². The van der Waals surface area contributed by atoms with E-state index >= 15 is 0 Å². The van der Waals surface area contributed by atoms with E-state index in [1.807, 2.05) is 0 Å². The molecule has 1 aromatic heterocycles. The lowest BCUT2D eigenvalue weighted by Crippen LogP contribution is -2.30. The second-order valence-electron chi connectivity index (χ2n) is 3.25. The minimum Gasteiger partial charge on any atom is -0.292 e. The fourth-order valence-electron chi connectivity index (χ4n) is 1.17. The molecule has 1 aromatic rings. The first-order chi connectivity index (χ1) is 6.87. The second kappa shape index (κ2) is 4.81. The van der Waals surface area contributed by atoms with Crippen LogP contribution < -0.4 is 0 Å². The van der Waals surface area contributed by atoms with E-state index < -0.39 is 12.7 Å². The Hall–Kier alpha value is -0.810. The van der Waals surface area contributed by atoms with Crippen molar-refractivity contribution in [2.24, 2.45) is 0 Å². The van der Waals surface area contributed by atoms with Gasteiger partial charge in [0.2, 0.25) is 0 Å². The third-order valence-electron chi connectivity index (χ3n) is 1.66. The highest BCUT2D eigenvalue weighted by atomic mass is 35.5. The number of halogens is 4. The number of alkyl halides is 3. The molecule has 0 spiro atoms. The van der Waals surface area contributed by atoms with Crippen molar-refractivity contribution < 1.29 is 13.2 Å². The van der Waals surface area contributed by atoms with E-state index in [9.17, 15) is 13.2 Å². The molecule has 0 saturated carbocycles. The van der Waals surface area contributed by atoms with Crippen LogP contribution in [0.1, 0.15) is 5.69 Å². The SMILES string of the molecule is CN(Cc1cc(Cl)ccn1)CC(F)(F)F. The van der Waals surface area contributed by atoms with Crippen molar-refractivity contribution in [2.45, 2.75) is 12.7 Å². The van der Waals surface area contributed by atoms with Crippen molar-refractivity contribution in [3.63, 3.8) is 0 Å². The van der Waals surface area contributed by atoms with Crippen molar-refractivity contribution >= 4 is 11.6 Å². The second-order valence-corrected chi connectivity index (χ2v) is 3.69. The van der Waals surface area contributed by atoms with Crippen LogP contribution >= 0.6 is 11.6 Å². The van der Waals surface area contributed by atoms with E-state index in [1.54, 1.807) is 12.1 Å². The lowest BCUT2D eigenvalue weighted by Gasteiger charge is -2.17. The third-order valence-corrected chi connectivity index (χ3v) is 1.89. The smallest absolute Gasteiger partial charge is 0.292 e. The summed E-state index contributed by atoms with van der Waals surface area (Å²) in [6.07, 6.45) is -2.72. The highest BCUT2D eigenvalue weighted by molar-refractivity contribution is 6.30. The number of hydrogen-bond donors (Lipinski definition) is 0. The molecule has 0 fully saturated rings. The molecule has 0 saturated heterocycles. The summed E-state index contributed by atoms with van der Waals surface area (Å²) in [5, 5.41) is 0.473. The molecule has 0 atom stereocenters. The monoisotopic (exact) mass is 238 g/mol. The molecule has 84 valence electrons. The van der Waals surface area contributed by atoms with Crippen LogP contribution in [0, 0.1) is 0 Å². The lowest BCUT2D eigenvalue weighted by molar-refractivity contribution is -0.144. The number of rotatable bonds is 3. The molecule has 0 radical (unpaired) electrons. The summed E-state index contributed by atoms with van der Waals surface area (Å²) < 4.78 is 36.0. The van der Waals surface area contributed by atoms with Crippen LogP contribution in [0.25, 0.3) is 0 Å². The molecule has 0 unspecified atom stereocenters. The fourth-order valence-corrected chi connectivity index (χ4v) is 1.36. The summed E-state index contributed by atoms with van der Waals surface area (Å²) in [6, 6.07) is 3.13. The Morgan fingerprint density at radius 3 is 2.67 bits per heavy atom. The molecule has 0 amide bonds. The molecule has 0 aliphatic carbocycles. The zero-order valence-corrected chi connectivity index (χ0v) is 8.81. The van der Waals surface area contributed by atoms with Crippen molar-refractivity contribution in [1.29, 1.82) is 0 Å². The van der Waals surface area contributed by atoms with Crippen LogP contribution in [0.15, 0.2) is 18.3 Å². The molecular weight excluding hydrogens is 229 g/mol. The maximum absolute atomic E-state index is 12.0. The average molecular weight is 239 g/mol. The Balaban J connectivity index is 2.55. The van der Waals surface area contributed by atoms with Crippen LogP contribution in [0.2, 0.25) is 5.02 Å². The van der Waals surface area contributed by atoms with E-state index in [1.165, 1.54) is 13.2 Å². The highest BCUT2D eigenvalue weighted by Crippen LogP contribution is 2.17. The largest absolute Gasteiger partial charge is 0.401 e.